The van der Waals surface area contributed by atoms with E-state index in [9.17, 15) is 9.59 Å². The van der Waals surface area contributed by atoms with Crippen LogP contribution in [0.25, 0.3) is 0 Å². The zero-order valence-corrected chi connectivity index (χ0v) is 14.2. The maximum atomic E-state index is 11.9. The van der Waals surface area contributed by atoms with Crippen molar-refractivity contribution in [2.75, 3.05) is 33.6 Å². The number of esters is 1. The zero-order chi connectivity index (χ0) is 17.8. The summed E-state index contributed by atoms with van der Waals surface area (Å²) in [7, 11) is 1.87. The summed E-state index contributed by atoms with van der Waals surface area (Å²) in [6, 6.07) is 6.96. The Morgan fingerprint density at radius 3 is 2.71 bits per heavy atom. The molecule has 7 nitrogen and oxygen atoms in total. The van der Waals surface area contributed by atoms with Crippen molar-refractivity contribution in [2.45, 2.75) is 26.3 Å². The molecule has 1 N–H and O–H groups in total. The first-order chi connectivity index (χ1) is 11.6. The van der Waals surface area contributed by atoms with Crippen molar-refractivity contribution in [1.29, 1.82) is 0 Å². The minimum absolute atomic E-state index is 0.0733. The molecule has 0 amide bonds. The van der Waals surface area contributed by atoms with Crippen molar-refractivity contribution in [2.24, 2.45) is 0 Å². The molecular weight excluding hydrogens is 314 g/mol. The predicted octanol–water partition coefficient (Wildman–Crippen LogP) is 2.18. The second-order valence-electron chi connectivity index (χ2n) is 5.31. The summed E-state index contributed by atoms with van der Waals surface area (Å²) in [5, 5.41) is 8.90. The summed E-state index contributed by atoms with van der Waals surface area (Å²) in [5.41, 5.74) is 1.29. The number of benzene rings is 1. The molecule has 0 aliphatic rings. The summed E-state index contributed by atoms with van der Waals surface area (Å²) >= 11 is 0. The van der Waals surface area contributed by atoms with Crippen molar-refractivity contribution < 1.29 is 28.9 Å². The van der Waals surface area contributed by atoms with E-state index in [1.54, 1.807) is 18.2 Å². The standard InChI is InChI=1S/C17H25NO6/c1-3-4-10-22-17(21)24-13-23-16(20)15-7-5-6-14(11-15)12-18(2)8-9-19/h5-7,11,19H,3-4,8-10,12-13H2,1-2H3. The Bertz CT molecular complexity index is 520. The molecule has 0 saturated heterocycles. The number of carbonyl (C=O) groups excluding carboxylic acids is 2. The van der Waals surface area contributed by atoms with E-state index in [-0.39, 0.29) is 13.2 Å². The minimum Gasteiger partial charge on any atom is -0.434 e. The van der Waals surface area contributed by atoms with Crippen LogP contribution in [0, 0.1) is 0 Å². The molecule has 134 valence electrons. The van der Waals surface area contributed by atoms with Gasteiger partial charge in [-0.1, -0.05) is 25.5 Å². The summed E-state index contributed by atoms with van der Waals surface area (Å²) in [6.07, 6.45) is 0.814. The molecule has 0 radical (unpaired) electrons. The first-order valence-electron chi connectivity index (χ1n) is 7.91. The third-order valence-electron chi connectivity index (χ3n) is 3.18. The van der Waals surface area contributed by atoms with E-state index in [0.717, 1.165) is 18.4 Å². The number of aliphatic hydroxyl groups is 1. The molecule has 24 heavy (non-hydrogen) atoms. The summed E-state index contributed by atoms with van der Waals surface area (Å²) in [4.78, 5) is 25.1. The fourth-order valence-corrected chi connectivity index (χ4v) is 1.91. The average molecular weight is 339 g/mol. The highest BCUT2D eigenvalue weighted by Gasteiger charge is 2.10. The molecule has 0 unspecified atom stereocenters. The highest BCUT2D eigenvalue weighted by molar-refractivity contribution is 5.89. The van der Waals surface area contributed by atoms with E-state index >= 15 is 0 Å². The van der Waals surface area contributed by atoms with Crippen LogP contribution in [0.15, 0.2) is 24.3 Å². The van der Waals surface area contributed by atoms with E-state index in [4.69, 9.17) is 14.6 Å². The van der Waals surface area contributed by atoms with E-state index in [2.05, 4.69) is 4.74 Å². The van der Waals surface area contributed by atoms with Crippen molar-refractivity contribution in [1.82, 2.24) is 4.90 Å². The molecule has 0 spiro atoms. The fourth-order valence-electron chi connectivity index (χ4n) is 1.91. The molecule has 0 aliphatic carbocycles. The van der Waals surface area contributed by atoms with Gasteiger partial charge in [0.15, 0.2) is 0 Å². The lowest BCUT2D eigenvalue weighted by Gasteiger charge is -2.15. The molecule has 0 heterocycles. The van der Waals surface area contributed by atoms with Gasteiger partial charge >= 0.3 is 12.1 Å². The van der Waals surface area contributed by atoms with Crippen LogP contribution in [0.5, 0.6) is 0 Å². The monoisotopic (exact) mass is 339 g/mol. The molecule has 0 aliphatic heterocycles. The van der Waals surface area contributed by atoms with Gasteiger partial charge in [-0.2, -0.15) is 0 Å². The molecule has 7 heteroatoms. The van der Waals surface area contributed by atoms with Gasteiger partial charge in [-0.05, 0) is 31.2 Å². The van der Waals surface area contributed by atoms with Gasteiger partial charge < -0.3 is 19.3 Å². The highest BCUT2D eigenvalue weighted by atomic mass is 16.8. The van der Waals surface area contributed by atoms with Gasteiger partial charge in [-0.15, -0.1) is 0 Å². The molecular formula is C17H25NO6. The van der Waals surface area contributed by atoms with E-state index < -0.39 is 18.9 Å². The van der Waals surface area contributed by atoms with E-state index in [0.29, 0.717) is 18.7 Å². The number of ether oxygens (including phenoxy) is 3. The maximum absolute atomic E-state index is 11.9. The Hall–Kier alpha value is -2.12. The van der Waals surface area contributed by atoms with Crippen LogP contribution in [-0.4, -0.2) is 55.7 Å². The van der Waals surface area contributed by atoms with Crippen LogP contribution in [0.3, 0.4) is 0 Å². The first kappa shape index (κ1) is 19.9. The smallest absolute Gasteiger partial charge is 0.434 e. The van der Waals surface area contributed by atoms with Gasteiger partial charge in [0.05, 0.1) is 18.8 Å². The molecule has 0 aromatic heterocycles. The average Bonchev–Trinajstić information content (AvgIpc) is 2.55. The number of hydrogen-bond donors (Lipinski definition) is 1. The molecule has 1 aromatic rings. The van der Waals surface area contributed by atoms with Crippen LogP contribution < -0.4 is 0 Å². The fraction of sp³-hybridized carbons (Fsp3) is 0.529. The Morgan fingerprint density at radius 2 is 2.00 bits per heavy atom. The number of likely N-dealkylation sites (N-methyl/N-ethyl adjacent to an activating group) is 1. The van der Waals surface area contributed by atoms with Gasteiger partial charge in [0, 0.05) is 13.1 Å². The lowest BCUT2D eigenvalue weighted by molar-refractivity contribution is -0.0275. The summed E-state index contributed by atoms with van der Waals surface area (Å²) < 4.78 is 14.3. The molecule has 1 aromatic carbocycles. The second-order valence-corrected chi connectivity index (χ2v) is 5.31. The van der Waals surface area contributed by atoms with Crippen LogP contribution in [0.1, 0.15) is 35.7 Å². The normalized spacial score (nSPS) is 10.5. The molecule has 1 rings (SSSR count). The SMILES string of the molecule is CCCCOC(=O)OCOC(=O)c1cccc(CN(C)CCO)c1. The summed E-state index contributed by atoms with van der Waals surface area (Å²) in [5.74, 6) is -0.581. The van der Waals surface area contributed by atoms with Gasteiger partial charge in [0.25, 0.3) is 0 Å². The quantitative estimate of drug-likeness (QED) is 0.397. The van der Waals surface area contributed by atoms with E-state index in [1.807, 2.05) is 24.9 Å². The van der Waals surface area contributed by atoms with Crippen molar-refractivity contribution >= 4 is 12.1 Å². The number of hydrogen-bond acceptors (Lipinski definition) is 7. The van der Waals surface area contributed by atoms with Crippen molar-refractivity contribution in [3.8, 4) is 0 Å². The Kier molecular flexibility index (Phi) is 9.48. The van der Waals surface area contributed by atoms with Gasteiger partial charge in [-0.3, -0.25) is 4.90 Å². The van der Waals surface area contributed by atoms with E-state index in [1.165, 1.54) is 0 Å². The third-order valence-corrected chi connectivity index (χ3v) is 3.18. The minimum atomic E-state index is -0.851. The lowest BCUT2D eigenvalue weighted by atomic mass is 10.1. The van der Waals surface area contributed by atoms with Gasteiger partial charge in [-0.25, -0.2) is 9.59 Å². The number of aliphatic hydroxyl groups excluding tert-OH is 1. The maximum Gasteiger partial charge on any atom is 0.511 e. The topological polar surface area (TPSA) is 85.3 Å². The number of nitrogens with zero attached hydrogens (tertiary/aromatic N) is 1. The van der Waals surface area contributed by atoms with Crippen LogP contribution in [-0.2, 0) is 20.8 Å². The largest absolute Gasteiger partial charge is 0.511 e. The molecule has 0 bridgehead atoms. The van der Waals surface area contributed by atoms with Crippen LogP contribution in [0.4, 0.5) is 4.79 Å². The number of rotatable bonds is 10. The predicted molar refractivity (Wildman–Crippen MR) is 87.5 cm³/mol. The lowest BCUT2D eigenvalue weighted by Crippen LogP contribution is -2.21. The zero-order valence-electron chi connectivity index (χ0n) is 14.2. The number of unbranched alkanes of at least 4 members (excludes halogenated alkanes) is 1. The third kappa shape index (κ3) is 7.94. The van der Waals surface area contributed by atoms with Gasteiger partial charge in [0.1, 0.15) is 0 Å². The molecule has 0 fully saturated rings. The highest BCUT2D eigenvalue weighted by Crippen LogP contribution is 2.09. The van der Waals surface area contributed by atoms with Crippen LogP contribution >= 0.6 is 0 Å². The van der Waals surface area contributed by atoms with Crippen LogP contribution in [0.2, 0.25) is 0 Å². The Morgan fingerprint density at radius 1 is 1.21 bits per heavy atom. The summed E-state index contributed by atoms with van der Waals surface area (Å²) in [6.45, 7) is 2.99. The van der Waals surface area contributed by atoms with Gasteiger partial charge in [0.2, 0.25) is 6.79 Å². The second kappa shape index (κ2) is 11.4. The Balaban J connectivity index is 2.40. The Labute approximate surface area is 142 Å². The first-order valence-corrected chi connectivity index (χ1v) is 7.91. The number of carbonyl (C=O) groups is 2. The van der Waals surface area contributed by atoms with Crippen molar-refractivity contribution in [3.05, 3.63) is 35.4 Å². The molecule has 0 atom stereocenters. The molecule has 0 saturated carbocycles. The van der Waals surface area contributed by atoms with Crippen molar-refractivity contribution in [3.63, 3.8) is 0 Å².